The van der Waals surface area contributed by atoms with Gasteiger partial charge in [-0.2, -0.15) is 0 Å². The molecule has 1 heterocycles. The van der Waals surface area contributed by atoms with E-state index in [1.54, 1.807) is 6.92 Å². The average Bonchev–Trinajstić information content (AvgIpc) is 2.38. The number of nitrogens with zero attached hydrogens (tertiary/aromatic N) is 1. The highest BCUT2D eigenvalue weighted by Crippen LogP contribution is 2.10. The highest BCUT2D eigenvalue weighted by Gasteiger charge is 2.26. The molecule has 5 nitrogen and oxygen atoms in total. The number of carbonyl (C=O) groups excluding carboxylic acids is 1. The number of hydrogen-bond acceptors (Lipinski definition) is 3. The van der Waals surface area contributed by atoms with Crippen molar-refractivity contribution in [3.8, 4) is 0 Å². The topological polar surface area (TPSA) is 69.6 Å². The second kappa shape index (κ2) is 7.36. The van der Waals surface area contributed by atoms with E-state index in [0.717, 1.165) is 32.4 Å². The fourth-order valence-corrected chi connectivity index (χ4v) is 2.33. The van der Waals surface area contributed by atoms with E-state index >= 15 is 0 Å². The first-order valence-electron chi connectivity index (χ1n) is 6.84. The minimum atomic E-state index is -0.879. The van der Waals surface area contributed by atoms with Crippen molar-refractivity contribution in [2.75, 3.05) is 13.1 Å². The minimum absolute atomic E-state index is 0.0250. The van der Waals surface area contributed by atoms with Gasteiger partial charge in [0.05, 0.1) is 6.04 Å². The molecular weight excluding hydrogens is 232 g/mol. The molecule has 0 aromatic heterocycles. The summed E-state index contributed by atoms with van der Waals surface area (Å²) in [6.45, 7) is 5.30. The van der Waals surface area contributed by atoms with Gasteiger partial charge in [-0.15, -0.1) is 0 Å². The molecule has 18 heavy (non-hydrogen) atoms. The predicted molar refractivity (Wildman–Crippen MR) is 69.4 cm³/mol. The monoisotopic (exact) mass is 256 g/mol. The Morgan fingerprint density at radius 1 is 1.28 bits per heavy atom. The number of piperidine rings is 1. The van der Waals surface area contributed by atoms with Gasteiger partial charge in [0.25, 0.3) is 0 Å². The summed E-state index contributed by atoms with van der Waals surface area (Å²) in [6.07, 6.45) is 4.62. The Balaban J connectivity index is 2.48. The number of carboxylic acid groups (broad SMARTS) is 1. The van der Waals surface area contributed by atoms with Crippen LogP contribution in [0.1, 0.15) is 46.0 Å². The maximum absolute atomic E-state index is 12.1. The summed E-state index contributed by atoms with van der Waals surface area (Å²) in [6, 6.07) is -1.05. The summed E-state index contributed by atoms with van der Waals surface area (Å²) in [5.74, 6) is -0.854. The highest BCUT2D eigenvalue weighted by atomic mass is 16.4. The first-order valence-corrected chi connectivity index (χ1v) is 6.84. The lowest BCUT2D eigenvalue weighted by Crippen LogP contribution is -2.51. The number of nitrogens with one attached hydrogen (secondary N) is 1. The summed E-state index contributed by atoms with van der Waals surface area (Å²) in [7, 11) is 0. The maximum atomic E-state index is 12.1. The molecule has 0 saturated carbocycles. The maximum Gasteiger partial charge on any atom is 0.320 e. The van der Waals surface area contributed by atoms with Gasteiger partial charge in [-0.3, -0.25) is 14.9 Å². The summed E-state index contributed by atoms with van der Waals surface area (Å²) in [5.41, 5.74) is 0. The predicted octanol–water partition coefficient (Wildman–Crippen LogP) is 1.23. The minimum Gasteiger partial charge on any atom is -0.480 e. The molecule has 2 unspecified atom stereocenters. The standard InChI is InChI=1S/C13H24N2O3/c1-3-7-11(13(17)18)14-10(2)12(16)15-8-5-4-6-9-15/h10-11,14H,3-9H2,1-2H3,(H,17,18). The van der Waals surface area contributed by atoms with E-state index in [2.05, 4.69) is 5.32 Å². The normalized spacial score (nSPS) is 19.3. The molecule has 5 heteroatoms. The third-order valence-corrected chi connectivity index (χ3v) is 3.36. The quantitative estimate of drug-likeness (QED) is 0.750. The molecule has 0 aromatic rings. The van der Waals surface area contributed by atoms with Crippen LogP contribution in [-0.2, 0) is 9.59 Å². The van der Waals surface area contributed by atoms with Gasteiger partial charge in [-0.25, -0.2) is 0 Å². The van der Waals surface area contributed by atoms with E-state index in [1.165, 1.54) is 6.42 Å². The van der Waals surface area contributed by atoms with E-state index in [0.29, 0.717) is 6.42 Å². The fraction of sp³-hybridized carbons (Fsp3) is 0.846. The average molecular weight is 256 g/mol. The van der Waals surface area contributed by atoms with Crippen LogP contribution in [0.4, 0.5) is 0 Å². The molecule has 1 aliphatic heterocycles. The van der Waals surface area contributed by atoms with Gasteiger partial charge in [-0.1, -0.05) is 13.3 Å². The molecule has 0 spiro atoms. The van der Waals surface area contributed by atoms with Crippen LogP contribution in [0.15, 0.2) is 0 Å². The molecule has 0 aromatic carbocycles. The number of aliphatic carboxylic acids is 1. The highest BCUT2D eigenvalue weighted by molar-refractivity contribution is 5.83. The number of amides is 1. The lowest BCUT2D eigenvalue weighted by Gasteiger charge is -2.30. The molecular formula is C13H24N2O3. The number of rotatable bonds is 6. The van der Waals surface area contributed by atoms with Gasteiger partial charge in [0.1, 0.15) is 6.04 Å². The van der Waals surface area contributed by atoms with Crippen LogP contribution >= 0.6 is 0 Å². The van der Waals surface area contributed by atoms with E-state index in [9.17, 15) is 9.59 Å². The van der Waals surface area contributed by atoms with Crippen LogP contribution in [0.3, 0.4) is 0 Å². The Morgan fingerprint density at radius 2 is 1.89 bits per heavy atom. The summed E-state index contributed by atoms with van der Waals surface area (Å²) in [5, 5.41) is 12.0. The first-order chi connectivity index (χ1) is 8.56. The van der Waals surface area contributed by atoms with Gasteiger partial charge < -0.3 is 10.0 Å². The number of carboxylic acids is 1. The summed E-state index contributed by atoms with van der Waals surface area (Å²) in [4.78, 5) is 25.0. The Labute approximate surface area is 109 Å². The van der Waals surface area contributed by atoms with Crippen LogP contribution in [0.5, 0.6) is 0 Å². The van der Waals surface area contributed by atoms with Crippen LogP contribution in [0.25, 0.3) is 0 Å². The van der Waals surface area contributed by atoms with Crippen molar-refractivity contribution in [2.45, 2.75) is 58.0 Å². The molecule has 2 atom stereocenters. The number of hydrogen-bond donors (Lipinski definition) is 2. The van der Waals surface area contributed by atoms with Gasteiger partial charge in [-0.05, 0) is 32.6 Å². The smallest absolute Gasteiger partial charge is 0.320 e. The van der Waals surface area contributed by atoms with Gasteiger partial charge in [0.15, 0.2) is 0 Å². The molecule has 1 aliphatic rings. The Kier molecular flexibility index (Phi) is 6.12. The third kappa shape index (κ3) is 4.29. The number of likely N-dealkylation sites (tertiary alicyclic amines) is 1. The zero-order valence-electron chi connectivity index (χ0n) is 11.3. The van der Waals surface area contributed by atoms with Crippen molar-refractivity contribution in [1.29, 1.82) is 0 Å². The van der Waals surface area contributed by atoms with Crippen molar-refractivity contribution in [3.05, 3.63) is 0 Å². The van der Waals surface area contributed by atoms with Crippen molar-refractivity contribution in [2.24, 2.45) is 0 Å². The number of carbonyl (C=O) groups is 2. The molecule has 0 aliphatic carbocycles. The Hall–Kier alpha value is -1.10. The zero-order chi connectivity index (χ0) is 13.5. The summed E-state index contributed by atoms with van der Waals surface area (Å²) < 4.78 is 0. The van der Waals surface area contributed by atoms with E-state index in [1.807, 2.05) is 11.8 Å². The van der Waals surface area contributed by atoms with E-state index in [4.69, 9.17) is 5.11 Å². The Morgan fingerprint density at radius 3 is 2.39 bits per heavy atom. The molecule has 1 amide bonds. The zero-order valence-corrected chi connectivity index (χ0v) is 11.3. The third-order valence-electron chi connectivity index (χ3n) is 3.36. The van der Waals surface area contributed by atoms with Crippen LogP contribution in [0, 0.1) is 0 Å². The van der Waals surface area contributed by atoms with Crippen molar-refractivity contribution in [1.82, 2.24) is 10.2 Å². The largest absolute Gasteiger partial charge is 0.480 e. The van der Waals surface area contributed by atoms with E-state index in [-0.39, 0.29) is 5.91 Å². The molecule has 0 bridgehead atoms. The second-order valence-corrected chi connectivity index (χ2v) is 4.95. The summed E-state index contributed by atoms with van der Waals surface area (Å²) >= 11 is 0. The van der Waals surface area contributed by atoms with Gasteiger partial charge in [0.2, 0.25) is 5.91 Å². The molecule has 0 radical (unpaired) electrons. The van der Waals surface area contributed by atoms with E-state index < -0.39 is 18.1 Å². The lowest BCUT2D eigenvalue weighted by molar-refractivity contribution is -0.140. The van der Waals surface area contributed by atoms with Crippen molar-refractivity contribution < 1.29 is 14.7 Å². The first kappa shape index (κ1) is 15.0. The molecule has 1 fully saturated rings. The Bertz CT molecular complexity index is 288. The second-order valence-electron chi connectivity index (χ2n) is 4.95. The molecule has 104 valence electrons. The SMILES string of the molecule is CCCC(NC(C)C(=O)N1CCCCC1)C(=O)O. The molecule has 1 rings (SSSR count). The van der Waals surface area contributed by atoms with Crippen LogP contribution in [0.2, 0.25) is 0 Å². The van der Waals surface area contributed by atoms with Gasteiger partial charge >= 0.3 is 5.97 Å². The van der Waals surface area contributed by atoms with Gasteiger partial charge in [0, 0.05) is 13.1 Å². The molecule has 2 N–H and O–H groups in total. The van der Waals surface area contributed by atoms with Crippen LogP contribution < -0.4 is 5.32 Å². The van der Waals surface area contributed by atoms with Crippen molar-refractivity contribution in [3.63, 3.8) is 0 Å². The van der Waals surface area contributed by atoms with Crippen molar-refractivity contribution >= 4 is 11.9 Å². The molecule has 1 saturated heterocycles. The van der Waals surface area contributed by atoms with Crippen LogP contribution in [-0.4, -0.2) is 47.1 Å². The fourth-order valence-electron chi connectivity index (χ4n) is 2.33. The lowest BCUT2D eigenvalue weighted by atomic mass is 10.1.